The lowest BCUT2D eigenvalue weighted by molar-refractivity contribution is -0.136. The maximum atomic E-state index is 10.8. The molecule has 20 heavy (non-hydrogen) atoms. The lowest BCUT2D eigenvalue weighted by Gasteiger charge is -2.08. The Balaban J connectivity index is 2.10. The summed E-state index contributed by atoms with van der Waals surface area (Å²) in [7, 11) is 1.85. The summed E-state index contributed by atoms with van der Waals surface area (Å²) in [6.45, 7) is -0.0420. The molecule has 106 valence electrons. The first-order valence-electron chi connectivity index (χ1n) is 6.14. The Bertz CT molecular complexity index is 610. The number of aliphatic hydroxyl groups is 1. The van der Waals surface area contributed by atoms with Crippen LogP contribution < -0.4 is 0 Å². The molecule has 0 aliphatic heterocycles. The highest BCUT2D eigenvalue weighted by Gasteiger charge is 2.10. The van der Waals surface area contributed by atoms with Gasteiger partial charge in [0.2, 0.25) is 0 Å². The molecule has 0 bridgehead atoms. The maximum Gasteiger partial charge on any atom is 0.307 e. The van der Waals surface area contributed by atoms with Crippen LogP contribution in [0.5, 0.6) is 0 Å². The molecular formula is C14H16N2O3S. The predicted molar refractivity (Wildman–Crippen MR) is 76.5 cm³/mol. The highest BCUT2D eigenvalue weighted by molar-refractivity contribution is 7.98. The molecule has 0 spiro atoms. The number of imidazole rings is 1. The van der Waals surface area contributed by atoms with Gasteiger partial charge >= 0.3 is 5.97 Å². The third-order valence-corrected chi connectivity index (χ3v) is 4.11. The number of hydrogen-bond acceptors (Lipinski definition) is 4. The summed E-state index contributed by atoms with van der Waals surface area (Å²) in [5.74, 6) is -0.180. The lowest BCUT2D eigenvalue weighted by Crippen LogP contribution is -2.03. The summed E-state index contributed by atoms with van der Waals surface area (Å²) < 4.78 is 1.84. The van der Waals surface area contributed by atoms with Gasteiger partial charge in [0.25, 0.3) is 0 Å². The molecule has 2 aromatic rings. The molecule has 0 fully saturated rings. The molecule has 5 nitrogen and oxygen atoms in total. The van der Waals surface area contributed by atoms with Gasteiger partial charge in [0, 0.05) is 12.8 Å². The Morgan fingerprint density at radius 3 is 2.65 bits per heavy atom. The van der Waals surface area contributed by atoms with Gasteiger partial charge in [0.1, 0.15) is 0 Å². The largest absolute Gasteiger partial charge is 0.481 e. The summed E-state index contributed by atoms with van der Waals surface area (Å²) in [6, 6.07) is 7.51. The molecule has 0 unspecified atom stereocenters. The predicted octanol–water partition coefficient (Wildman–Crippen LogP) is 1.83. The molecule has 0 atom stereocenters. The Kier molecular flexibility index (Phi) is 4.81. The summed E-state index contributed by atoms with van der Waals surface area (Å²) in [5, 5.41) is 18.8. The monoisotopic (exact) mass is 292 g/mol. The van der Waals surface area contributed by atoms with Crippen molar-refractivity contribution in [1.29, 1.82) is 0 Å². The fourth-order valence-corrected chi connectivity index (χ4v) is 2.89. The van der Waals surface area contributed by atoms with E-state index >= 15 is 0 Å². The minimum Gasteiger partial charge on any atom is -0.481 e. The van der Waals surface area contributed by atoms with Crippen LogP contribution in [0.2, 0.25) is 0 Å². The number of carboxylic acids is 1. The van der Waals surface area contributed by atoms with Crippen molar-refractivity contribution in [1.82, 2.24) is 9.55 Å². The van der Waals surface area contributed by atoms with Crippen molar-refractivity contribution in [3.8, 4) is 0 Å². The molecule has 0 saturated carbocycles. The van der Waals surface area contributed by atoms with Gasteiger partial charge in [0.15, 0.2) is 5.16 Å². The molecule has 1 aromatic carbocycles. The van der Waals surface area contributed by atoms with E-state index in [1.165, 1.54) is 11.8 Å². The van der Waals surface area contributed by atoms with Crippen LogP contribution in [0.3, 0.4) is 0 Å². The number of carbonyl (C=O) groups is 1. The van der Waals surface area contributed by atoms with Crippen LogP contribution in [0.4, 0.5) is 0 Å². The molecule has 1 heterocycles. The number of thioether (sulfide) groups is 1. The Hall–Kier alpha value is -1.79. The second-order valence-corrected chi connectivity index (χ2v) is 5.32. The molecule has 0 aliphatic carbocycles. The summed E-state index contributed by atoms with van der Waals surface area (Å²) in [4.78, 5) is 15.1. The van der Waals surface area contributed by atoms with E-state index in [9.17, 15) is 4.79 Å². The van der Waals surface area contributed by atoms with Crippen molar-refractivity contribution in [3.63, 3.8) is 0 Å². The van der Waals surface area contributed by atoms with Gasteiger partial charge in [0.05, 0.1) is 24.9 Å². The van der Waals surface area contributed by atoms with Crippen LogP contribution >= 0.6 is 11.8 Å². The van der Waals surface area contributed by atoms with E-state index in [-0.39, 0.29) is 13.0 Å². The number of aliphatic carboxylic acids is 1. The first-order chi connectivity index (χ1) is 9.61. The Morgan fingerprint density at radius 1 is 1.35 bits per heavy atom. The number of aromatic nitrogens is 2. The van der Waals surface area contributed by atoms with E-state index in [4.69, 9.17) is 10.2 Å². The van der Waals surface area contributed by atoms with E-state index in [1.54, 1.807) is 6.20 Å². The Morgan fingerprint density at radius 2 is 2.05 bits per heavy atom. The van der Waals surface area contributed by atoms with Crippen molar-refractivity contribution < 1.29 is 15.0 Å². The van der Waals surface area contributed by atoms with E-state index in [0.717, 1.165) is 22.0 Å². The topological polar surface area (TPSA) is 75.3 Å². The average molecular weight is 292 g/mol. The normalized spacial score (nSPS) is 10.7. The summed E-state index contributed by atoms with van der Waals surface area (Å²) in [6.07, 6.45) is 1.67. The summed E-state index contributed by atoms with van der Waals surface area (Å²) in [5.41, 5.74) is 2.57. The van der Waals surface area contributed by atoms with Crippen LogP contribution in [-0.4, -0.2) is 25.7 Å². The zero-order chi connectivity index (χ0) is 14.5. The van der Waals surface area contributed by atoms with Gasteiger partial charge in [-0.05, 0) is 11.1 Å². The van der Waals surface area contributed by atoms with Gasteiger partial charge in [-0.25, -0.2) is 4.98 Å². The van der Waals surface area contributed by atoms with Crippen molar-refractivity contribution in [2.24, 2.45) is 7.05 Å². The fraction of sp³-hybridized carbons (Fsp3) is 0.286. The molecule has 0 amide bonds. The molecule has 2 rings (SSSR count). The number of carboxylic acid groups (broad SMARTS) is 1. The van der Waals surface area contributed by atoms with Crippen molar-refractivity contribution >= 4 is 17.7 Å². The van der Waals surface area contributed by atoms with E-state index in [2.05, 4.69) is 4.98 Å². The minimum atomic E-state index is -0.831. The van der Waals surface area contributed by atoms with E-state index in [0.29, 0.717) is 5.75 Å². The fourth-order valence-electron chi connectivity index (χ4n) is 1.88. The number of benzene rings is 1. The number of hydrogen-bond donors (Lipinski definition) is 2. The highest BCUT2D eigenvalue weighted by Crippen LogP contribution is 2.24. The maximum absolute atomic E-state index is 10.8. The van der Waals surface area contributed by atoms with Gasteiger partial charge < -0.3 is 14.8 Å². The molecule has 6 heteroatoms. The van der Waals surface area contributed by atoms with Crippen LogP contribution in [-0.2, 0) is 30.6 Å². The third kappa shape index (κ3) is 3.40. The number of nitrogens with zero attached hydrogens (tertiary/aromatic N) is 2. The van der Waals surface area contributed by atoms with Crippen molar-refractivity contribution in [2.75, 3.05) is 0 Å². The minimum absolute atomic E-state index is 0.0270. The zero-order valence-electron chi connectivity index (χ0n) is 11.1. The quantitative estimate of drug-likeness (QED) is 0.795. The van der Waals surface area contributed by atoms with Gasteiger partial charge in [-0.2, -0.15) is 0 Å². The molecule has 0 aliphatic rings. The molecule has 1 aromatic heterocycles. The van der Waals surface area contributed by atoms with Crippen LogP contribution in [0.25, 0.3) is 0 Å². The molecular weight excluding hydrogens is 276 g/mol. The Labute approximate surface area is 121 Å². The van der Waals surface area contributed by atoms with Gasteiger partial charge in [-0.3, -0.25) is 4.79 Å². The smallest absolute Gasteiger partial charge is 0.307 e. The second kappa shape index (κ2) is 6.58. The van der Waals surface area contributed by atoms with E-state index in [1.807, 2.05) is 35.9 Å². The second-order valence-electron chi connectivity index (χ2n) is 4.38. The first-order valence-corrected chi connectivity index (χ1v) is 7.13. The number of aliphatic hydroxyl groups excluding tert-OH is 1. The standard InChI is InChI=1S/C14H16N2O3S/c1-16-12(8-17)7-15-14(16)20-9-11-5-3-2-4-10(11)6-13(18)19/h2-5,7,17H,6,8-9H2,1H3,(H,18,19). The van der Waals surface area contributed by atoms with Crippen LogP contribution in [0, 0.1) is 0 Å². The van der Waals surface area contributed by atoms with Crippen molar-refractivity contribution in [3.05, 3.63) is 47.3 Å². The molecule has 2 N–H and O–H groups in total. The zero-order valence-corrected chi connectivity index (χ0v) is 11.9. The first kappa shape index (κ1) is 14.6. The van der Waals surface area contributed by atoms with Crippen LogP contribution in [0.15, 0.2) is 35.6 Å². The van der Waals surface area contributed by atoms with Crippen molar-refractivity contribution in [2.45, 2.75) is 23.9 Å². The molecule has 0 saturated heterocycles. The highest BCUT2D eigenvalue weighted by atomic mass is 32.2. The molecule has 0 radical (unpaired) electrons. The third-order valence-electron chi connectivity index (χ3n) is 3.02. The summed E-state index contributed by atoms with van der Waals surface area (Å²) >= 11 is 1.53. The lowest BCUT2D eigenvalue weighted by atomic mass is 10.1. The average Bonchev–Trinajstić information content (AvgIpc) is 2.78. The number of rotatable bonds is 6. The van der Waals surface area contributed by atoms with Gasteiger partial charge in [-0.15, -0.1) is 0 Å². The SMILES string of the molecule is Cn1c(CO)cnc1SCc1ccccc1CC(=O)O. The van der Waals surface area contributed by atoms with Crippen LogP contribution in [0.1, 0.15) is 16.8 Å². The van der Waals surface area contributed by atoms with Gasteiger partial charge in [-0.1, -0.05) is 36.0 Å². The van der Waals surface area contributed by atoms with E-state index < -0.39 is 5.97 Å².